The molecule has 1 saturated heterocycles. The molecule has 0 unspecified atom stereocenters. The summed E-state index contributed by atoms with van der Waals surface area (Å²) >= 11 is 1.51. The van der Waals surface area contributed by atoms with E-state index in [2.05, 4.69) is 39.3 Å². The van der Waals surface area contributed by atoms with Gasteiger partial charge in [-0.25, -0.2) is 15.0 Å². The van der Waals surface area contributed by atoms with Crippen LogP contribution in [0.25, 0.3) is 10.3 Å². The van der Waals surface area contributed by atoms with Gasteiger partial charge >= 0.3 is 0 Å². The number of pyridine rings is 1. The molecular formula is C23H31N7O2S. The zero-order chi connectivity index (χ0) is 22.8. The number of morpholine rings is 1. The highest BCUT2D eigenvalue weighted by atomic mass is 32.1. The van der Waals surface area contributed by atoms with Crippen LogP contribution in [0.2, 0.25) is 0 Å². The molecule has 3 N–H and O–H groups in total. The fourth-order valence-electron chi connectivity index (χ4n) is 4.69. The number of nitrogens with one attached hydrogen (secondary N) is 2. The van der Waals surface area contributed by atoms with Crippen LogP contribution in [0, 0.1) is 0 Å². The molecule has 5 rings (SSSR count). The number of aliphatic hydroxyl groups excluding tert-OH is 1. The first-order valence-corrected chi connectivity index (χ1v) is 12.5. The summed E-state index contributed by atoms with van der Waals surface area (Å²) in [5.41, 5.74) is 1.82. The van der Waals surface area contributed by atoms with Gasteiger partial charge in [-0.3, -0.25) is 4.90 Å². The van der Waals surface area contributed by atoms with E-state index in [0.717, 1.165) is 66.5 Å². The van der Waals surface area contributed by atoms with Crippen LogP contribution in [0.4, 0.5) is 16.9 Å². The zero-order valence-electron chi connectivity index (χ0n) is 19.1. The highest BCUT2D eigenvalue weighted by Gasteiger charge is 2.24. The fourth-order valence-corrected chi connectivity index (χ4v) is 5.50. The van der Waals surface area contributed by atoms with Crippen molar-refractivity contribution in [3.05, 3.63) is 30.1 Å². The standard InChI is InChI=1S/C23H31N7O2S/c1-14-11-30(12-15(2)32-14)13-17-10-20(29-23-27-19-4-3-9-24-21(19)33-23)28-22(26-17)25-16-5-7-18(31)8-6-16/h3-4,9-10,14-16,18,31H,5-8,11-13H2,1-2H3,(H2,25,26,27,28,29)/t14-,15+,16?,18?. The van der Waals surface area contributed by atoms with Crippen LogP contribution in [0.1, 0.15) is 45.2 Å². The average molecular weight is 470 g/mol. The van der Waals surface area contributed by atoms with Crippen molar-refractivity contribution in [1.82, 2.24) is 24.8 Å². The Kier molecular flexibility index (Phi) is 6.68. The summed E-state index contributed by atoms with van der Waals surface area (Å²) in [6.07, 6.45) is 5.45. The molecular weight excluding hydrogens is 438 g/mol. The Labute approximate surface area is 197 Å². The number of anilines is 3. The zero-order valence-corrected chi connectivity index (χ0v) is 19.9. The first-order chi connectivity index (χ1) is 16.0. The van der Waals surface area contributed by atoms with Crippen molar-refractivity contribution in [1.29, 1.82) is 0 Å². The van der Waals surface area contributed by atoms with Crippen molar-refractivity contribution in [3.63, 3.8) is 0 Å². The molecule has 3 aromatic heterocycles. The van der Waals surface area contributed by atoms with E-state index < -0.39 is 0 Å². The van der Waals surface area contributed by atoms with E-state index in [1.165, 1.54) is 11.3 Å². The second-order valence-electron chi connectivity index (χ2n) is 9.14. The van der Waals surface area contributed by atoms with Crippen LogP contribution in [0.5, 0.6) is 0 Å². The van der Waals surface area contributed by atoms with Gasteiger partial charge in [0.25, 0.3) is 0 Å². The van der Waals surface area contributed by atoms with Crippen molar-refractivity contribution < 1.29 is 9.84 Å². The van der Waals surface area contributed by atoms with E-state index in [4.69, 9.17) is 14.7 Å². The van der Waals surface area contributed by atoms with E-state index in [9.17, 15) is 5.11 Å². The predicted molar refractivity (Wildman–Crippen MR) is 130 cm³/mol. The number of fused-ring (bicyclic) bond motifs is 1. The van der Waals surface area contributed by atoms with Gasteiger partial charge in [0.05, 0.1) is 24.0 Å². The molecule has 0 aromatic carbocycles. The number of rotatable bonds is 6. The van der Waals surface area contributed by atoms with Gasteiger partial charge < -0.3 is 20.5 Å². The molecule has 10 heteroatoms. The Morgan fingerprint density at radius 2 is 1.91 bits per heavy atom. The lowest BCUT2D eigenvalue weighted by Gasteiger charge is -2.35. The lowest BCUT2D eigenvalue weighted by molar-refractivity contribution is -0.0707. The first kappa shape index (κ1) is 22.4. The molecule has 1 aliphatic carbocycles. The molecule has 0 spiro atoms. The van der Waals surface area contributed by atoms with Gasteiger partial charge in [-0.2, -0.15) is 4.98 Å². The minimum Gasteiger partial charge on any atom is -0.393 e. The molecule has 0 amide bonds. The van der Waals surface area contributed by atoms with Crippen LogP contribution in [-0.4, -0.2) is 67.4 Å². The third-order valence-corrected chi connectivity index (χ3v) is 6.99. The molecule has 2 aliphatic rings. The van der Waals surface area contributed by atoms with Gasteiger partial charge in [-0.15, -0.1) is 0 Å². The van der Waals surface area contributed by atoms with Gasteiger partial charge in [0.2, 0.25) is 5.95 Å². The monoisotopic (exact) mass is 469 g/mol. The molecule has 1 saturated carbocycles. The van der Waals surface area contributed by atoms with Crippen LogP contribution >= 0.6 is 11.3 Å². The van der Waals surface area contributed by atoms with Crippen LogP contribution < -0.4 is 10.6 Å². The Balaban J connectivity index is 1.38. The van der Waals surface area contributed by atoms with E-state index >= 15 is 0 Å². The average Bonchev–Trinajstić information content (AvgIpc) is 3.17. The van der Waals surface area contributed by atoms with Crippen molar-refractivity contribution in [2.45, 2.75) is 70.4 Å². The summed E-state index contributed by atoms with van der Waals surface area (Å²) in [7, 11) is 0. The maximum atomic E-state index is 9.83. The molecule has 0 bridgehead atoms. The van der Waals surface area contributed by atoms with E-state index in [1.54, 1.807) is 6.20 Å². The maximum Gasteiger partial charge on any atom is 0.225 e. The van der Waals surface area contributed by atoms with Gasteiger partial charge in [-0.1, -0.05) is 11.3 Å². The third kappa shape index (κ3) is 5.75. The molecule has 9 nitrogen and oxygen atoms in total. The topological polar surface area (TPSA) is 108 Å². The normalized spacial score (nSPS) is 26.4. The second kappa shape index (κ2) is 9.84. The van der Waals surface area contributed by atoms with E-state index in [-0.39, 0.29) is 24.4 Å². The summed E-state index contributed by atoms with van der Waals surface area (Å²) in [5.74, 6) is 1.33. The molecule has 1 aliphatic heterocycles. The number of aromatic nitrogens is 4. The lowest BCUT2D eigenvalue weighted by atomic mass is 9.93. The summed E-state index contributed by atoms with van der Waals surface area (Å²) in [4.78, 5) is 21.9. The van der Waals surface area contributed by atoms with Gasteiger partial charge in [0.1, 0.15) is 16.2 Å². The van der Waals surface area contributed by atoms with Crippen molar-refractivity contribution in [2.75, 3.05) is 23.7 Å². The second-order valence-corrected chi connectivity index (χ2v) is 10.1. The number of aliphatic hydroxyl groups is 1. The predicted octanol–water partition coefficient (Wildman–Crippen LogP) is 3.55. The van der Waals surface area contributed by atoms with Crippen molar-refractivity contribution in [2.24, 2.45) is 0 Å². The number of hydrogen-bond acceptors (Lipinski definition) is 10. The Morgan fingerprint density at radius 1 is 1.12 bits per heavy atom. The first-order valence-electron chi connectivity index (χ1n) is 11.7. The molecule has 4 heterocycles. The molecule has 176 valence electrons. The van der Waals surface area contributed by atoms with Crippen LogP contribution in [-0.2, 0) is 11.3 Å². The maximum absolute atomic E-state index is 9.83. The highest BCUT2D eigenvalue weighted by Crippen LogP contribution is 2.27. The van der Waals surface area contributed by atoms with E-state index in [1.807, 2.05) is 18.2 Å². The van der Waals surface area contributed by atoms with E-state index in [0.29, 0.717) is 11.8 Å². The highest BCUT2D eigenvalue weighted by molar-refractivity contribution is 7.21. The third-order valence-electron chi connectivity index (χ3n) is 6.09. The van der Waals surface area contributed by atoms with Crippen LogP contribution in [0.15, 0.2) is 24.4 Å². The number of thiazole rings is 1. The smallest absolute Gasteiger partial charge is 0.225 e. The summed E-state index contributed by atoms with van der Waals surface area (Å²) in [6, 6.07) is 6.12. The van der Waals surface area contributed by atoms with Crippen LogP contribution in [0.3, 0.4) is 0 Å². The van der Waals surface area contributed by atoms with Crippen molar-refractivity contribution >= 4 is 38.6 Å². The van der Waals surface area contributed by atoms with Gasteiger partial charge in [0, 0.05) is 37.9 Å². The Hall–Kier alpha value is -2.40. The largest absolute Gasteiger partial charge is 0.393 e. The Bertz CT molecular complexity index is 1040. The summed E-state index contributed by atoms with van der Waals surface area (Å²) in [6.45, 7) is 6.71. The quantitative estimate of drug-likeness (QED) is 0.499. The molecule has 3 aromatic rings. The number of nitrogens with zero attached hydrogens (tertiary/aromatic N) is 5. The summed E-state index contributed by atoms with van der Waals surface area (Å²) < 4.78 is 5.89. The molecule has 2 fully saturated rings. The summed E-state index contributed by atoms with van der Waals surface area (Å²) in [5, 5.41) is 17.5. The Morgan fingerprint density at radius 3 is 2.67 bits per heavy atom. The minimum atomic E-state index is -0.189. The molecule has 33 heavy (non-hydrogen) atoms. The van der Waals surface area contributed by atoms with Gasteiger partial charge in [0.15, 0.2) is 5.13 Å². The number of ether oxygens (including phenoxy) is 1. The fraction of sp³-hybridized carbons (Fsp3) is 0.565. The number of hydrogen-bond donors (Lipinski definition) is 3. The van der Waals surface area contributed by atoms with Gasteiger partial charge in [-0.05, 0) is 51.7 Å². The molecule has 2 atom stereocenters. The lowest BCUT2D eigenvalue weighted by Crippen LogP contribution is -2.45. The SMILES string of the molecule is C[C@@H]1CN(Cc2cc(Nc3nc4cccnc4s3)nc(NC3CCC(O)CC3)n2)C[C@H](C)O1. The van der Waals surface area contributed by atoms with Crippen molar-refractivity contribution in [3.8, 4) is 0 Å². The minimum absolute atomic E-state index is 0.189. The molecule has 0 radical (unpaired) electrons.